The van der Waals surface area contributed by atoms with E-state index in [0.29, 0.717) is 5.69 Å². The number of piperazine rings is 1. The van der Waals surface area contributed by atoms with Gasteiger partial charge in [0, 0.05) is 44.1 Å². The summed E-state index contributed by atoms with van der Waals surface area (Å²) in [5, 5.41) is 5.06. The van der Waals surface area contributed by atoms with Crippen LogP contribution in [-0.2, 0) is 12.7 Å². The van der Waals surface area contributed by atoms with Crippen LogP contribution in [0.1, 0.15) is 11.1 Å². The molecule has 0 atom stereocenters. The van der Waals surface area contributed by atoms with Crippen molar-refractivity contribution in [2.24, 2.45) is 0 Å². The molecule has 0 aromatic heterocycles. The van der Waals surface area contributed by atoms with E-state index in [0.717, 1.165) is 32.2 Å². The van der Waals surface area contributed by atoms with Crippen molar-refractivity contribution in [3.05, 3.63) is 59.7 Å². The molecule has 2 aromatic rings. The Morgan fingerprint density at radius 2 is 1.61 bits per heavy atom. The predicted octanol–water partition coefficient (Wildman–Crippen LogP) is 4.10. The number of benzene rings is 2. The molecule has 150 valence electrons. The highest BCUT2D eigenvalue weighted by atomic mass is 19.4. The van der Waals surface area contributed by atoms with Crippen LogP contribution in [0.2, 0.25) is 0 Å². The van der Waals surface area contributed by atoms with Crippen LogP contribution in [0.25, 0.3) is 0 Å². The van der Waals surface area contributed by atoms with E-state index in [4.69, 9.17) is 0 Å². The first-order chi connectivity index (χ1) is 13.3. The smallest absolute Gasteiger partial charge is 0.308 e. The van der Waals surface area contributed by atoms with Crippen LogP contribution in [0.4, 0.5) is 29.3 Å². The van der Waals surface area contributed by atoms with Gasteiger partial charge in [0.2, 0.25) is 0 Å². The molecule has 2 N–H and O–H groups in total. The third-order valence-electron chi connectivity index (χ3n) is 4.69. The van der Waals surface area contributed by atoms with Crippen LogP contribution < -0.4 is 10.6 Å². The highest BCUT2D eigenvalue weighted by molar-refractivity contribution is 5.99. The number of para-hydroxylation sites is 1. The van der Waals surface area contributed by atoms with Crippen molar-refractivity contribution >= 4 is 17.4 Å². The van der Waals surface area contributed by atoms with E-state index in [2.05, 4.69) is 15.5 Å². The molecule has 1 fully saturated rings. The summed E-state index contributed by atoms with van der Waals surface area (Å²) < 4.78 is 40.7. The molecule has 8 heteroatoms. The number of halogens is 3. The van der Waals surface area contributed by atoms with E-state index in [9.17, 15) is 18.0 Å². The minimum Gasteiger partial charge on any atom is -0.308 e. The van der Waals surface area contributed by atoms with Crippen LogP contribution in [-0.4, -0.2) is 49.1 Å². The van der Waals surface area contributed by atoms with Gasteiger partial charge < -0.3 is 15.5 Å². The van der Waals surface area contributed by atoms with Crippen LogP contribution in [0.3, 0.4) is 0 Å². The average Bonchev–Trinajstić information content (AvgIpc) is 2.65. The highest BCUT2D eigenvalue weighted by Crippen LogP contribution is 2.34. The summed E-state index contributed by atoms with van der Waals surface area (Å²) in [5.41, 5.74) is 0.153. The number of nitrogens with zero attached hydrogens (tertiary/aromatic N) is 2. The molecule has 0 spiro atoms. The van der Waals surface area contributed by atoms with Gasteiger partial charge in [-0.1, -0.05) is 24.3 Å². The van der Waals surface area contributed by atoms with Gasteiger partial charge in [0.1, 0.15) is 0 Å². The summed E-state index contributed by atoms with van der Waals surface area (Å²) >= 11 is 0. The van der Waals surface area contributed by atoms with Crippen LogP contribution in [0, 0.1) is 0 Å². The zero-order chi connectivity index (χ0) is 20.1. The van der Waals surface area contributed by atoms with Gasteiger partial charge in [-0.05, 0) is 36.9 Å². The molecule has 0 aliphatic carbocycles. The third-order valence-corrected chi connectivity index (χ3v) is 4.69. The van der Waals surface area contributed by atoms with Gasteiger partial charge in [0.25, 0.3) is 0 Å². The first-order valence-corrected chi connectivity index (χ1v) is 9.05. The molecular formula is C20H23F3N4O. The normalized spacial score (nSPS) is 16.0. The molecule has 0 saturated carbocycles. The highest BCUT2D eigenvalue weighted by Gasteiger charge is 2.34. The van der Waals surface area contributed by atoms with Crippen molar-refractivity contribution in [3.63, 3.8) is 0 Å². The van der Waals surface area contributed by atoms with Crippen LogP contribution in [0.15, 0.2) is 48.5 Å². The van der Waals surface area contributed by atoms with E-state index in [1.807, 2.05) is 11.9 Å². The number of nitrogens with one attached hydrogen (secondary N) is 2. The molecule has 28 heavy (non-hydrogen) atoms. The van der Waals surface area contributed by atoms with E-state index in [1.165, 1.54) is 12.1 Å². The molecule has 0 unspecified atom stereocenters. The molecule has 1 aliphatic heterocycles. The van der Waals surface area contributed by atoms with Gasteiger partial charge in [0.05, 0.1) is 5.56 Å². The van der Waals surface area contributed by atoms with E-state index in [-0.39, 0.29) is 17.8 Å². The summed E-state index contributed by atoms with van der Waals surface area (Å²) in [6.45, 7) is 3.36. The summed E-state index contributed by atoms with van der Waals surface area (Å²) in [7, 11) is 2.00. The maximum absolute atomic E-state index is 13.6. The summed E-state index contributed by atoms with van der Waals surface area (Å²) in [6.07, 6.45) is -4.49. The second-order valence-electron chi connectivity index (χ2n) is 6.89. The molecule has 3 rings (SSSR count). The summed E-state index contributed by atoms with van der Waals surface area (Å²) in [5.74, 6) is 0. The zero-order valence-electron chi connectivity index (χ0n) is 15.6. The number of alkyl halides is 3. The number of likely N-dealkylation sites (N-methyl/N-ethyl adjacent to an activating group) is 1. The number of carbonyl (C=O) groups is 1. The van der Waals surface area contributed by atoms with Crippen molar-refractivity contribution in [2.45, 2.75) is 12.7 Å². The van der Waals surface area contributed by atoms with Gasteiger partial charge in [-0.3, -0.25) is 4.90 Å². The summed E-state index contributed by atoms with van der Waals surface area (Å²) in [6, 6.07) is 12.1. The first kappa shape index (κ1) is 20.2. The lowest BCUT2D eigenvalue weighted by Crippen LogP contribution is -2.44. The molecule has 5 nitrogen and oxygen atoms in total. The number of carbonyl (C=O) groups excluding carboxylic acids is 1. The molecule has 1 heterocycles. The molecule has 1 saturated heterocycles. The first-order valence-electron chi connectivity index (χ1n) is 9.05. The third kappa shape index (κ3) is 5.46. The summed E-state index contributed by atoms with van der Waals surface area (Å²) in [4.78, 5) is 16.2. The Morgan fingerprint density at radius 3 is 2.25 bits per heavy atom. The fourth-order valence-corrected chi connectivity index (χ4v) is 3.12. The molecule has 2 amide bonds. The Labute approximate surface area is 162 Å². The van der Waals surface area contributed by atoms with Gasteiger partial charge in [-0.2, -0.15) is 13.2 Å². The van der Waals surface area contributed by atoms with Gasteiger partial charge >= 0.3 is 12.2 Å². The van der Waals surface area contributed by atoms with Crippen LogP contribution in [0.5, 0.6) is 0 Å². The predicted molar refractivity (Wildman–Crippen MR) is 103 cm³/mol. The number of hydrogen-bond acceptors (Lipinski definition) is 3. The maximum Gasteiger partial charge on any atom is 0.416 e. The van der Waals surface area contributed by atoms with E-state index >= 15 is 0 Å². The minimum absolute atomic E-state index is 0.0999. The van der Waals surface area contributed by atoms with E-state index < -0.39 is 17.8 Å². The fraction of sp³-hybridized carbons (Fsp3) is 0.350. The Hall–Kier alpha value is -2.58. The second-order valence-corrected chi connectivity index (χ2v) is 6.89. The lowest BCUT2D eigenvalue weighted by Gasteiger charge is -2.33. The Kier molecular flexibility index (Phi) is 6.21. The molecule has 2 aromatic carbocycles. The molecule has 0 bridgehead atoms. The standard InChI is InChI=1S/C20H23F3N4O/c1-26-9-11-27(12-10-26)14-15-7-8-17(13-18(15)20(21,22)23)25-19(28)24-16-5-3-2-4-6-16/h2-8,13H,9-12,14H2,1H3,(H2,24,25,28). The Bertz CT molecular complexity index is 803. The zero-order valence-corrected chi connectivity index (χ0v) is 15.6. The lowest BCUT2D eigenvalue weighted by molar-refractivity contribution is -0.138. The number of amides is 2. The molecular weight excluding hydrogens is 369 g/mol. The number of hydrogen-bond donors (Lipinski definition) is 2. The van der Waals surface area contributed by atoms with E-state index in [1.54, 1.807) is 30.3 Å². The Balaban J connectivity index is 1.72. The average molecular weight is 392 g/mol. The second kappa shape index (κ2) is 8.62. The minimum atomic E-state index is -4.49. The number of urea groups is 1. The number of rotatable bonds is 4. The SMILES string of the molecule is CN1CCN(Cc2ccc(NC(=O)Nc3ccccc3)cc2C(F)(F)F)CC1. The van der Waals surface area contributed by atoms with Gasteiger partial charge in [-0.15, -0.1) is 0 Å². The maximum atomic E-state index is 13.6. The molecule has 0 radical (unpaired) electrons. The number of anilines is 2. The van der Waals surface area contributed by atoms with Crippen LogP contribution >= 0.6 is 0 Å². The van der Waals surface area contributed by atoms with Crippen molar-refractivity contribution in [1.29, 1.82) is 0 Å². The lowest BCUT2D eigenvalue weighted by atomic mass is 10.0. The monoisotopic (exact) mass is 392 g/mol. The topological polar surface area (TPSA) is 47.6 Å². The van der Waals surface area contributed by atoms with Crippen molar-refractivity contribution in [2.75, 3.05) is 43.9 Å². The van der Waals surface area contributed by atoms with Gasteiger partial charge in [-0.25, -0.2) is 4.79 Å². The quantitative estimate of drug-likeness (QED) is 0.824. The van der Waals surface area contributed by atoms with Gasteiger partial charge in [0.15, 0.2) is 0 Å². The van der Waals surface area contributed by atoms with Crippen molar-refractivity contribution in [1.82, 2.24) is 9.80 Å². The largest absolute Gasteiger partial charge is 0.416 e. The Morgan fingerprint density at radius 1 is 0.964 bits per heavy atom. The molecule has 1 aliphatic rings. The van der Waals surface area contributed by atoms with Crippen molar-refractivity contribution < 1.29 is 18.0 Å². The fourth-order valence-electron chi connectivity index (χ4n) is 3.12. The van der Waals surface area contributed by atoms with Crippen molar-refractivity contribution in [3.8, 4) is 0 Å².